The van der Waals surface area contributed by atoms with Gasteiger partial charge >= 0.3 is 0 Å². The van der Waals surface area contributed by atoms with Gasteiger partial charge in [-0.05, 0) is 34.1 Å². The largest absolute Gasteiger partial charge is 0.371 e. The predicted molar refractivity (Wildman–Crippen MR) is 76.9 cm³/mol. The third kappa shape index (κ3) is 3.30. The quantitative estimate of drug-likeness (QED) is 0.897. The van der Waals surface area contributed by atoms with E-state index in [1.165, 1.54) is 23.6 Å². The van der Waals surface area contributed by atoms with Crippen molar-refractivity contribution in [1.82, 2.24) is 10.3 Å². The van der Waals surface area contributed by atoms with Crippen molar-refractivity contribution in [2.24, 2.45) is 0 Å². The lowest BCUT2D eigenvalue weighted by Crippen LogP contribution is -2.23. The number of aromatic nitrogens is 1. The Kier molecular flexibility index (Phi) is 4.49. The monoisotopic (exact) mass is 343 g/mol. The van der Waals surface area contributed by atoms with Crippen LogP contribution in [0.4, 0.5) is 10.2 Å². The normalized spacial score (nSPS) is 10.3. The second kappa shape index (κ2) is 6.12. The van der Waals surface area contributed by atoms with E-state index in [1.807, 2.05) is 12.1 Å². The number of halogens is 2. The Bertz CT molecular complexity index is 602. The Labute approximate surface area is 122 Å². The van der Waals surface area contributed by atoms with E-state index >= 15 is 0 Å². The van der Waals surface area contributed by atoms with Crippen LogP contribution in [0.3, 0.4) is 0 Å². The van der Waals surface area contributed by atoms with Crippen molar-refractivity contribution in [1.29, 1.82) is 0 Å². The zero-order valence-corrected chi connectivity index (χ0v) is 12.4. The summed E-state index contributed by atoms with van der Waals surface area (Å²) in [5.74, 6) is -1.04. The first kappa shape index (κ1) is 14.0. The Balaban J connectivity index is 2.08. The van der Waals surface area contributed by atoms with E-state index in [2.05, 4.69) is 31.5 Å². The van der Waals surface area contributed by atoms with Crippen molar-refractivity contribution in [3.63, 3.8) is 0 Å². The Morgan fingerprint density at radius 1 is 1.47 bits per heavy atom. The van der Waals surface area contributed by atoms with E-state index < -0.39 is 11.7 Å². The predicted octanol–water partition coefficient (Wildman–Crippen LogP) is 3.02. The van der Waals surface area contributed by atoms with Crippen molar-refractivity contribution >= 4 is 39.0 Å². The molecule has 0 aliphatic rings. The Morgan fingerprint density at radius 2 is 2.26 bits per heavy atom. The average Bonchev–Trinajstić information content (AvgIpc) is 2.82. The molecule has 2 rings (SSSR count). The first-order valence-electron chi connectivity index (χ1n) is 5.46. The fourth-order valence-corrected chi connectivity index (χ4v) is 2.93. The minimum Gasteiger partial charge on any atom is -0.371 e. The molecule has 0 spiro atoms. The standard InChI is InChI=1S/C12H11BrFN3OS/c1-15-11-10(14)8(4-5-16-11)12(18)17-6-7-2-3-9(13)19-7/h2-5H,6H2,1H3,(H,15,16)(H,17,18). The van der Waals surface area contributed by atoms with Crippen LogP contribution < -0.4 is 10.6 Å². The molecule has 0 fully saturated rings. The first-order valence-corrected chi connectivity index (χ1v) is 7.07. The number of hydrogen-bond acceptors (Lipinski definition) is 4. The molecule has 1 amide bonds. The van der Waals surface area contributed by atoms with Gasteiger partial charge in [-0.15, -0.1) is 11.3 Å². The van der Waals surface area contributed by atoms with E-state index in [0.29, 0.717) is 6.54 Å². The zero-order valence-electron chi connectivity index (χ0n) is 10.0. The van der Waals surface area contributed by atoms with Crippen LogP contribution in [-0.4, -0.2) is 17.9 Å². The molecule has 0 unspecified atom stereocenters. The van der Waals surface area contributed by atoms with Crippen molar-refractivity contribution in [2.45, 2.75) is 6.54 Å². The van der Waals surface area contributed by atoms with Gasteiger partial charge in [0, 0.05) is 18.1 Å². The van der Waals surface area contributed by atoms with Crippen LogP contribution in [-0.2, 0) is 6.54 Å². The number of pyridine rings is 1. The lowest BCUT2D eigenvalue weighted by molar-refractivity contribution is 0.0947. The van der Waals surface area contributed by atoms with Crippen molar-refractivity contribution in [3.8, 4) is 0 Å². The average molecular weight is 344 g/mol. The maximum absolute atomic E-state index is 13.9. The molecule has 4 nitrogen and oxygen atoms in total. The summed E-state index contributed by atoms with van der Waals surface area (Å²) in [6.07, 6.45) is 1.39. The van der Waals surface area contributed by atoms with Crippen molar-refractivity contribution in [2.75, 3.05) is 12.4 Å². The zero-order chi connectivity index (χ0) is 13.8. The smallest absolute Gasteiger partial charge is 0.254 e. The molecular weight excluding hydrogens is 333 g/mol. The number of nitrogens with zero attached hydrogens (tertiary/aromatic N) is 1. The van der Waals surface area contributed by atoms with Crippen LogP contribution in [0.25, 0.3) is 0 Å². The summed E-state index contributed by atoms with van der Waals surface area (Å²) in [5, 5.41) is 5.27. The molecule has 0 atom stereocenters. The third-order valence-corrected chi connectivity index (χ3v) is 4.05. The summed E-state index contributed by atoms with van der Waals surface area (Å²) in [7, 11) is 1.55. The number of carbonyl (C=O) groups excluding carboxylic acids is 1. The van der Waals surface area contributed by atoms with Gasteiger partial charge in [0.15, 0.2) is 11.6 Å². The van der Waals surface area contributed by atoms with Crippen molar-refractivity contribution < 1.29 is 9.18 Å². The highest BCUT2D eigenvalue weighted by atomic mass is 79.9. The van der Waals surface area contributed by atoms with E-state index in [4.69, 9.17) is 0 Å². The summed E-state index contributed by atoms with van der Waals surface area (Å²) >= 11 is 4.86. The van der Waals surface area contributed by atoms with Gasteiger partial charge in [-0.2, -0.15) is 0 Å². The molecule has 2 N–H and O–H groups in total. The van der Waals surface area contributed by atoms with Crippen LogP contribution in [0.15, 0.2) is 28.2 Å². The lowest BCUT2D eigenvalue weighted by Gasteiger charge is -2.07. The van der Waals surface area contributed by atoms with Crippen molar-refractivity contribution in [3.05, 3.63) is 44.4 Å². The fourth-order valence-electron chi connectivity index (χ4n) is 1.50. The number of thiophene rings is 1. The number of amides is 1. The highest BCUT2D eigenvalue weighted by molar-refractivity contribution is 9.11. The molecule has 0 saturated heterocycles. The topological polar surface area (TPSA) is 54.0 Å². The molecule has 0 saturated carbocycles. The molecule has 0 aliphatic heterocycles. The molecule has 2 aromatic heterocycles. The summed E-state index contributed by atoms with van der Waals surface area (Å²) in [6.45, 7) is 0.367. The fraction of sp³-hybridized carbons (Fsp3) is 0.167. The number of hydrogen-bond donors (Lipinski definition) is 2. The number of rotatable bonds is 4. The first-order chi connectivity index (χ1) is 9.11. The van der Waals surface area contributed by atoms with Gasteiger partial charge in [0.2, 0.25) is 0 Å². The van der Waals surface area contributed by atoms with E-state index in [9.17, 15) is 9.18 Å². The van der Waals surface area contributed by atoms with Gasteiger partial charge in [0.25, 0.3) is 5.91 Å². The van der Waals surface area contributed by atoms with Crippen LogP contribution in [0.2, 0.25) is 0 Å². The minimum atomic E-state index is -0.644. The van der Waals surface area contributed by atoms with Gasteiger partial charge in [-0.1, -0.05) is 0 Å². The molecular formula is C12H11BrFN3OS. The van der Waals surface area contributed by atoms with Gasteiger partial charge in [0.1, 0.15) is 0 Å². The lowest BCUT2D eigenvalue weighted by atomic mass is 10.2. The summed E-state index contributed by atoms with van der Waals surface area (Å²) in [6, 6.07) is 5.16. The maximum Gasteiger partial charge on any atom is 0.254 e. The molecule has 100 valence electrons. The van der Waals surface area contributed by atoms with Crippen LogP contribution in [0.5, 0.6) is 0 Å². The van der Waals surface area contributed by atoms with Gasteiger partial charge < -0.3 is 10.6 Å². The molecule has 2 aromatic rings. The Hall–Kier alpha value is -1.47. The molecule has 0 aliphatic carbocycles. The highest BCUT2D eigenvalue weighted by Gasteiger charge is 2.15. The van der Waals surface area contributed by atoms with Gasteiger partial charge in [-0.3, -0.25) is 4.79 Å². The van der Waals surface area contributed by atoms with E-state index in [0.717, 1.165) is 8.66 Å². The molecule has 0 bridgehead atoms. The Morgan fingerprint density at radius 3 is 2.89 bits per heavy atom. The molecule has 2 heterocycles. The second-order valence-corrected chi connectivity index (χ2v) is 6.21. The highest BCUT2D eigenvalue weighted by Crippen LogP contribution is 2.22. The van der Waals surface area contributed by atoms with E-state index in [1.54, 1.807) is 7.05 Å². The minimum absolute atomic E-state index is 0.0185. The number of carbonyl (C=O) groups is 1. The summed E-state index contributed by atoms with van der Waals surface area (Å²) < 4.78 is 14.9. The second-order valence-electron chi connectivity index (χ2n) is 3.66. The summed E-state index contributed by atoms with van der Waals surface area (Å²) in [5.41, 5.74) is -0.0185. The third-order valence-electron chi connectivity index (χ3n) is 2.42. The van der Waals surface area contributed by atoms with Crippen LogP contribution in [0.1, 0.15) is 15.2 Å². The maximum atomic E-state index is 13.9. The number of anilines is 1. The van der Waals surface area contributed by atoms with Crippen LogP contribution >= 0.6 is 27.3 Å². The molecule has 7 heteroatoms. The SMILES string of the molecule is CNc1nccc(C(=O)NCc2ccc(Br)s2)c1F. The van der Waals surface area contributed by atoms with Gasteiger partial charge in [-0.25, -0.2) is 9.37 Å². The number of nitrogens with one attached hydrogen (secondary N) is 2. The summed E-state index contributed by atoms with van der Waals surface area (Å²) in [4.78, 5) is 16.7. The molecule has 0 aromatic carbocycles. The van der Waals surface area contributed by atoms with E-state index in [-0.39, 0.29) is 11.4 Å². The van der Waals surface area contributed by atoms with Crippen LogP contribution in [0, 0.1) is 5.82 Å². The van der Waals surface area contributed by atoms with Gasteiger partial charge in [0.05, 0.1) is 15.9 Å². The molecule has 19 heavy (non-hydrogen) atoms. The molecule has 0 radical (unpaired) electrons.